The molecule has 34 heavy (non-hydrogen) atoms. The molecule has 1 fully saturated rings. The summed E-state index contributed by atoms with van der Waals surface area (Å²) in [6.45, 7) is 2.23. The Labute approximate surface area is 207 Å². The number of benzene rings is 2. The van der Waals surface area contributed by atoms with Gasteiger partial charge in [0, 0.05) is 24.0 Å². The van der Waals surface area contributed by atoms with Gasteiger partial charge in [0.1, 0.15) is 0 Å². The van der Waals surface area contributed by atoms with Gasteiger partial charge >= 0.3 is 5.97 Å². The van der Waals surface area contributed by atoms with E-state index in [1.807, 2.05) is 49.4 Å². The molecule has 0 spiro atoms. The largest absolute Gasteiger partial charge is 0.493 e. The zero-order valence-corrected chi connectivity index (χ0v) is 21.1. The zero-order valence-electron chi connectivity index (χ0n) is 19.5. The lowest BCUT2D eigenvalue weighted by atomic mass is 10.1. The van der Waals surface area contributed by atoms with Gasteiger partial charge in [0.25, 0.3) is 5.91 Å². The third kappa shape index (κ3) is 6.72. The minimum atomic E-state index is -0.574. The Bertz CT molecular complexity index is 1030. The molecule has 8 nitrogen and oxygen atoms in total. The van der Waals surface area contributed by atoms with Crippen molar-refractivity contribution >= 4 is 33.7 Å². The van der Waals surface area contributed by atoms with Crippen LogP contribution in [0.3, 0.4) is 0 Å². The van der Waals surface area contributed by atoms with Crippen molar-refractivity contribution in [3.05, 3.63) is 58.1 Å². The number of methoxy groups -OCH3 is 2. The molecule has 1 aliphatic heterocycles. The fourth-order valence-corrected chi connectivity index (χ4v) is 4.08. The van der Waals surface area contributed by atoms with Crippen molar-refractivity contribution in [3.63, 3.8) is 0 Å². The second-order valence-electron chi connectivity index (χ2n) is 8.13. The average Bonchev–Trinajstić information content (AvgIpc) is 3.21. The molecule has 2 amide bonds. The standard InChI is InChI=1S/C25H29BrN2O6/c1-16(18-5-7-20(26)8-6-18)27-23(29)15-34-25(31)19-13-24(30)28(14-19)11-10-17-4-9-21(32-2)22(12-17)33-3/h4-9,12,16,19H,10-11,13-15H2,1-3H3,(H,27,29)/t16-,19-/m0/s1. The van der Waals surface area contributed by atoms with Gasteiger partial charge in [0.15, 0.2) is 18.1 Å². The highest BCUT2D eigenvalue weighted by atomic mass is 79.9. The summed E-state index contributed by atoms with van der Waals surface area (Å²) in [4.78, 5) is 38.7. The molecule has 9 heteroatoms. The van der Waals surface area contributed by atoms with Crippen LogP contribution in [0.25, 0.3) is 0 Å². The molecule has 1 aliphatic rings. The molecule has 0 saturated carbocycles. The summed E-state index contributed by atoms with van der Waals surface area (Å²) >= 11 is 3.38. The van der Waals surface area contributed by atoms with Crippen LogP contribution in [0.1, 0.15) is 30.5 Å². The molecular weight excluding hydrogens is 504 g/mol. The Hall–Kier alpha value is -3.07. The maximum Gasteiger partial charge on any atom is 0.311 e. The third-order valence-electron chi connectivity index (χ3n) is 5.76. The van der Waals surface area contributed by atoms with E-state index in [0.717, 1.165) is 15.6 Å². The molecule has 2 atom stereocenters. The second kappa shape index (κ2) is 11.9. The molecule has 1 heterocycles. The van der Waals surface area contributed by atoms with Gasteiger partial charge in [-0.1, -0.05) is 34.1 Å². The van der Waals surface area contributed by atoms with Gasteiger partial charge in [0.2, 0.25) is 5.91 Å². The summed E-state index contributed by atoms with van der Waals surface area (Å²) in [5, 5.41) is 2.81. The van der Waals surface area contributed by atoms with E-state index < -0.39 is 17.8 Å². The monoisotopic (exact) mass is 532 g/mol. The Morgan fingerprint density at radius 3 is 2.50 bits per heavy atom. The summed E-state index contributed by atoms with van der Waals surface area (Å²) in [5.41, 5.74) is 1.93. The summed E-state index contributed by atoms with van der Waals surface area (Å²) in [5.74, 6) is -0.333. The predicted octanol–water partition coefficient (Wildman–Crippen LogP) is 3.28. The fraction of sp³-hybridized carbons (Fsp3) is 0.400. The number of hydrogen-bond acceptors (Lipinski definition) is 6. The van der Waals surface area contributed by atoms with Crippen molar-refractivity contribution in [2.75, 3.05) is 33.9 Å². The van der Waals surface area contributed by atoms with Crippen LogP contribution in [0, 0.1) is 5.92 Å². The summed E-state index contributed by atoms with van der Waals surface area (Å²) in [6.07, 6.45) is 0.700. The van der Waals surface area contributed by atoms with Crippen LogP contribution >= 0.6 is 15.9 Å². The first-order chi connectivity index (χ1) is 16.3. The van der Waals surface area contributed by atoms with Gasteiger partial charge in [-0.05, 0) is 48.7 Å². The SMILES string of the molecule is COc1ccc(CCN2C[C@@H](C(=O)OCC(=O)N[C@@H](C)c3ccc(Br)cc3)CC2=O)cc1OC. The number of esters is 1. The van der Waals surface area contributed by atoms with Crippen molar-refractivity contribution < 1.29 is 28.6 Å². The number of likely N-dealkylation sites (tertiary alicyclic amines) is 1. The number of carbonyl (C=O) groups excluding carboxylic acids is 3. The third-order valence-corrected chi connectivity index (χ3v) is 6.29. The number of amides is 2. The van der Waals surface area contributed by atoms with Crippen molar-refractivity contribution in [1.29, 1.82) is 0 Å². The minimum absolute atomic E-state index is 0.0850. The first-order valence-electron chi connectivity index (χ1n) is 11.0. The van der Waals surface area contributed by atoms with E-state index in [9.17, 15) is 14.4 Å². The lowest BCUT2D eigenvalue weighted by molar-refractivity contribution is -0.152. The summed E-state index contributed by atoms with van der Waals surface area (Å²) < 4.78 is 16.7. The topological polar surface area (TPSA) is 94.2 Å². The molecule has 1 saturated heterocycles. The molecule has 182 valence electrons. The summed E-state index contributed by atoms with van der Waals surface area (Å²) in [7, 11) is 3.15. The summed E-state index contributed by atoms with van der Waals surface area (Å²) in [6, 6.07) is 13.0. The highest BCUT2D eigenvalue weighted by molar-refractivity contribution is 9.10. The zero-order chi connectivity index (χ0) is 24.7. The van der Waals surface area contributed by atoms with Gasteiger partial charge in [-0.3, -0.25) is 14.4 Å². The van der Waals surface area contributed by atoms with E-state index in [1.165, 1.54) is 0 Å². The van der Waals surface area contributed by atoms with Crippen LogP contribution in [0.15, 0.2) is 46.9 Å². The van der Waals surface area contributed by atoms with Crippen LogP contribution in [-0.4, -0.2) is 56.6 Å². The number of rotatable bonds is 10. The molecule has 2 aromatic rings. The van der Waals surface area contributed by atoms with E-state index in [4.69, 9.17) is 14.2 Å². The number of nitrogens with one attached hydrogen (secondary N) is 1. The van der Waals surface area contributed by atoms with E-state index in [2.05, 4.69) is 21.2 Å². The van der Waals surface area contributed by atoms with E-state index >= 15 is 0 Å². The van der Waals surface area contributed by atoms with Gasteiger partial charge in [-0.15, -0.1) is 0 Å². The Balaban J connectivity index is 1.44. The number of nitrogens with zero attached hydrogens (tertiary/aromatic N) is 1. The van der Waals surface area contributed by atoms with Gasteiger partial charge in [0.05, 0.1) is 26.2 Å². The van der Waals surface area contributed by atoms with E-state index in [0.29, 0.717) is 24.5 Å². The van der Waals surface area contributed by atoms with Crippen LogP contribution < -0.4 is 14.8 Å². The van der Waals surface area contributed by atoms with Crippen LogP contribution in [0.5, 0.6) is 11.5 Å². The molecule has 3 rings (SSSR count). The van der Waals surface area contributed by atoms with Gasteiger partial charge < -0.3 is 24.4 Å². The number of carbonyl (C=O) groups is 3. The number of hydrogen-bond donors (Lipinski definition) is 1. The molecule has 0 unspecified atom stereocenters. The Morgan fingerprint density at radius 2 is 1.82 bits per heavy atom. The lowest BCUT2D eigenvalue weighted by Crippen LogP contribution is -2.33. The van der Waals surface area contributed by atoms with Crippen molar-refractivity contribution in [3.8, 4) is 11.5 Å². The van der Waals surface area contributed by atoms with Gasteiger partial charge in [-0.2, -0.15) is 0 Å². The maximum atomic E-state index is 12.4. The molecule has 0 aliphatic carbocycles. The minimum Gasteiger partial charge on any atom is -0.493 e. The predicted molar refractivity (Wildman–Crippen MR) is 130 cm³/mol. The molecular formula is C25H29BrN2O6. The number of halogens is 1. The Kier molecular flexibility index (Phi) is 8.92. The first kappa shape index (κ1) is 25.6. The van der Waals surface area contributed by atoms with Crippen LogP contribution in [0.4, 0.5) is 0 Å². The van der Waals surface area contributed by atoms with Crippen molar-refractivity contribution in [2.45, 2.75) is 25.8 Å². The molecule has 0 bridgehead atoms. The van der Waals surface area contributed by atoms with Gasteiger partial charge in [-0.25, -0.2) is 0 Å². The first-order valence-corrected chi connectivity index (χ1v) is 11.8. The lowest BCUT2D eigenvalue weighted by Gasteiger charge is -2.17. The van der Waals surface area contributed by atoms with Crippen LogP contribution in [0.2, 0.25) is 0 Å². The molecule has 1 N–H and O–H groups in total. The fourth-order valence-electron chi connectivity index (χ4n) is 3.82. The second-order valence-corrected chi connectivity index (χ2v) is 9.04. The highest BCUT2D eigenvalue weighted by Crippen LogP contribution is 2.28. The maximum absolute atomic E-state index is 12.4. The van der Waals surface area contributed by atoms with Crippen molar-refractivity contribution in [1.82, 2.24) is 10.2 Å². The smallest absolute Gasteiger partial charge is 0.311 e. The van der Waals surface area contributed by atoms with E-state index in [1.54, 1.807) is 19.1 Å². The molecule has 0 aromatic heterocycles. The van der Waals surface area contributed by atoms with Crippen molar-refractivity contribution in [2.24, 2.45) is 5.92 Å². The van der Waals surface area contributed by atoms with E-state index in [-0.39, 0.29) is 31.5 Å². The van der Waals surface area contributed by atoms with Crippen LogP contribution in [-0.2, 0) is 25.5 Å². The quantitative estimate of drug-likeness (QED) is 0.472. The molecule has 2 aromatic carbocycles. The Morgan fingerprint density at radius 1 is 1.12 bits per heavy atom. The highest BCUT2D eigenvalue weighted by Gasteiger charge is 2.35. The number of ether oxygens (including phenoxy) is 3. The molecule has 0 radical (unpaired) electrons. The average molecular weight is 533 g/mol. The normalized spacial score (nSPS) is 16.2.